The van der Waals surface area contributed by atoms with Gasteiger partial charge in [0, 0.05) is 26.2 Å². The van der Waals surface area contributed by atoms with Gasteiger partial charge in [0.25, 0.3) is 11.8 Å². The molecular formula is C29H31N3O2. The van der Waals surface area contributed by atoms with Gasteiger partial charge in [-0.25, -0.2) is 0 Å². The molecule has 0 aromatic heterocycles. The predicted octanol–water partition coefficient (Wildman–Crippen LogP) is 4.47. The molecule has 5 rings (SSSR count). The van der Waals surface area contributed by atoms with Crippen LogP contribution in [0, 0.1) is 0 Å². The van der Waals surface area contributed by atoms with Crippen LogP contribution in [0.25, 0.3) is 0 Å². The highest BCUT2D eigenvalue weighted by Crippen LogP contribution is 2.29. The van der Waals surface area contributed by atoms with Crippen LogP contribution in [-0.2, 0) is 0 Å². The Balaban J connectivity index is 1.19. The summed E-state index contributed by atoms with van der Waals surface area (Å²) in [5.74, 6) is -0.313. The largest absolute Gasteiger partial charge is 0.302 e. The minimum absolute atomic E-state index is 0.156. The zero-order chi connectivity index (χ0) is 23.3. The van der Waals surface area contributed by atoms with E-state index in [0.29, 0.717) is 17.7 Å². The van der Waals surface area contributed by atoms with E-state index in [2.05, 4.69) is 70.5 Å². The molecule has 0 atom stereocenters. The molecule has 1 saturated heterocycles. The van der Waals surface area contributed by atoms with E-state index in [1.54, 1.807) is 12.1 Å². The van der Waals surface area contributed by atoms with E-state index in [4.69, 9.17) is 0 Å². The van der Waals surface area contributed by atoms with Crippen molar-refractivity contribution in [2.45, 2.75) is 18.9 Å². The minimum atomic E-state index is -0.156. The molecule has 0 radical (unpaired) electrons. The van der Waals surface area contributed by atoms with Gasteiger partial charge in [-0.15, -0.1) is 0 Å². The minimum Gasteiger partial charge on any atom is -0.302 e. The number of carbonyl (C=O) groups is 2. The molecule has 2 aliphatic heterocycles. The van der Waals surface area contributed by atoms with Crippen molar-refractivity contribution in [3.63, 3.8) is 0 Å². The van der Waals surface area contributed by atoms with E-state index < -0.39 is 0 Å². The number of fused-ring (bicyclic) bond motifs is 1. The average molecular weight is 454 g/mol. The molecule has 0 bridgehead atoms. The molecule has 2 amide bonds. The molecule has 0 aliphatic carbocycles. The van der Waals surface area contributed by atoms with Gasteiger partial charge in [0.1, 0.15) is 0 Å². The summed E-state index contributed by atoms with van der Waals surface area (Å²) < 4.78 is 0. The molecule has 3 aromatic rings. The highest BCUT2D eigenvalue weighted by Gasteiger charge is 2.34. The Bertz CT molecular complexity index is 1060. The first kappa shape index (κ1) is 22.5. The van der Waals surface area contributed by atoms with Crippen LogP contribution in [0.3, 0.4) is 0 Å². The third-order valence-corrected chi connectivity index (χ3v) is 6.95. The normalized spacial score (nSPS) is 17.3. The summed E-state index contributed by atoms with van der Waals surface area (Å²) >= 11 is 0. The fourth-order valence-electron chi connectivity index (χ4n) is 5.25. The Morgan fingerprint density at radius 1 is 0.618 bits per heavy atom. The smallest absolute Gasteiger partial charge is 0.261 e. The molecule has 34 heavy (non-hydrogen) atoms. The summed E-state index contributed by atoms with van der Waals surface area (Å²) in [7, 11) is 0. The van der Waals surface area contributed by atoms with Gasteiger partial charge < -0.3 is 4.90 Å². The van der Waals surface area contributed by atoms with Gasteiger partial charge in [0.05, 0.1) is 17.2 Å². The van der Waals surface area contributed by atoms with Crippen LogP contribution in [-0.4, -0.2) is 65.8 Å². The molecule has 0 saturated carbocycles. The van der Waals surface area contributed by atoms with Crippen LogP contribution < -0.4 is 0 Å². The number of rotatable bonds is 7. The van der Waals surface area contributed by atoms with Crippen molar-refractivity contribution in [2.75, 3.05) is 39.3 Å². The molecule has 1 fully saturated rings. The van der Waals surface area contributed by atoms with Gasteiger partial charge >= 0.3 is 0 Å². The summed E-state index contributed by atoms with van der Waals surface area (Å²) in [5, 5.41) is 0. The first-order valence-electron chi connectivity index (χ1n) is 12.2. The van der Waals surface area contributed by atoms with Gasteiger partial charge in [-0.3, -0.25) is 19.4 Å². The number of hydrogen-bond acceptors (Lipinski definition) is 4. The average Bonchev–Trinajstić information content (AvgIpc) is 3.02. The molecule has 2 aliphatic rings. The number of amides is 2. The fraction of sp³-hybridized carbons (Fsp3) is 0.310. The van der Waals surface area contributed by atoms with E-state index in [-0.39, 0.29) is 17.9 Å². The van der Waals surface area contributed by atoms with Crippen LogP contribution in [0.15, 0.2) is 84.9 Å². The van der Waals surface area contributed by atoms with Crippen LogP contribution >= 0.6 is 0 Å². The van der Waals surface area contributed by atoms with Gasteiger partial charge in [0.15, 0.2) is 0 Å². The fourth-order valence-corrected chi connectivity index (χ4v) is 5.25. The number of carbonyl (C=O) groups excluding carboxylic acids is 2. The Morgan fingerprint density at radius 3 is 1.76 bits per heavy atom. The Labute approximate surface area is 201 Å². The third-order valence-electron chi connectivity index (χ3n) is 6.95. The zero-order valence-electron chi connectivity index (χ0n) is 19.5. The van der Waals surface area contributed by atoms with Crippen molar-refractivity contribution < 1.29 is 9.59 Å². The molecule has 5 heteroatoms. The van der Waals surface area contributed by atoms with E-state index in [1.165, 1.54) is 16.0 Å². The molecule has 174 valence electrons. The molecule has 3 aromatic carbocycles. The second-order valence-corrected chi connectivity index (χ2v) is 9.12. The van der Waals surface area contributed by atoms with Gasteiger partial charge in [0.2, 0.25) is 0 Å². The van der Waals surface area contributed by atoms with Crippen molar-refractivity contribution in [1.82, 2.24) is 14.7 Å². The first-order valence-corrected chi connectivity index (χ1v) is 12.2. The molecule has 0 N–H and O–H groups in total. The third kappa shape index (κ3) is 4.67. The highest BCUT2D eigenvalue weighted by molar-refractivity contribution is 6.21. The number of hydrogen-bond donors (Lipinski definition) is 0. The van der Waals surface area contributed by atoms with Gasteiger partial charge in [-0.05, 0) is 49.2 Å². The van der Waals surface area contributed by atoms with E-state index in [1.807, 2.05) is 12.1 Å². The maximum absolute atomic E-state index is 12.6. The maximum atomic E-state index is 12.6. The summed E-state index contributed by atoms with van der Waals surface area (Å²) in [5.41, 5.74) is 3.72. The van der Waals surface area contributed by atoms with Crippen molar-refractivity contribution in [2.24, 2.45) is 0 Å². The summed E-state index contributed by atoms with van der Waals surface area (Å²) in [6.07, 6.45) is 1.90. The predicted molar refractivity (Wildman–Crippen MR) is 134 cm³/mol. The Hall–Kier alpha value is -3.28. The van der Waals surface area contributed by atoms with Crippen molar-refractivity contribution in [3.05, 3.63) is 107 Å². The molecule has 0 unspecified atom stereocenters. The molecule has 2 heterocycles. The second-order valence-electron chi connectivity index (χ2n) is 9.12. The van der Waals surface area contributed by atoms with Gasteiger partial charge in [-0.1, -0.05) is 72.8 Å². The monoisotopic (exact) mass is 453 g/mol. The lowest BCUT2D eigenvalue weighted by molar-refractivity contribution is 0.0647. The van der Waals surface area contributed by atoms with E-state index in [9.17, 15) is 9.59 Å². The SMILES string of the molecule is O=C1c2ccccc2C(=O)N1CCCN1CCCN(C(c2ccccc2)c2ccccc2)CC1. The van der Waals surface area contributed by atoms with E-state index in [0.717, 1.165) is 45.6 Å². The van der Waals surface area contributed by atoms with Gasteiger partial charge in [-0.2, -0.15) is 0 Å². The maximum Gasteiger partial charge on any atom is 0.261 e. The molecular weight excluding hydrogens is 422 g/mol. The number of benzene rings is 3. The highest BCUT2D eigenvalue weighted by atomic mass is 16.2. The quantitative estimate of drug-likeness (QED) is 0.495. The van der Waals surface area contributed by atoms with Crippen LogP contribution in [0.4, 0.5) is 0 Å². The lowest BCUT2D eigenvalue weighted by Gasteiger charge is -2.31. The second kappa shape index (κ2) is 10.3. The topological polar surface area (TPSA) is 43.9 Å². The summed E-state index contributed by atoms with van der Waals surface area (Å²) in [6.45, 7) is 5.42. The van der Waals surface area contributed by atoms with Crippen LogP contribution in [0.2, 0.25) is 0 Å². The van der Waals surface area contributed by atoms with Crippen molar-refractivity contribution in [1.29, 1.82) is 0 Å². The number of imide groups is 1. The number of nitrogens with zero attached hydrogens (tertiary/aromatic N) is 3. The van der Waals surface area contributed by atoms with Crippen LogP contribution in [0.5, 0.6) is 0 Å². The standard InChI is InChI=1S/C29H31N3O2/c33-28-25-15-7-8-16-26(25)29(34)32(28)20-10-18-30-17-9-19-31(22-21-30)27(23-11-3-1-4-12-23)24-13-5-2-6-14-24/h1-8,11-16,27H,9-10,17-22H2. The van der Waals surface area contributed by atoms with Crippen molar-refractivity contribution >= 4 is 11.8 Å². The Morgan fingerprint density at radius 2 is 1.18 bits per heavy atom. The zero-order valence-corrected chi connectivity index (χ0v) is 19.5. The van der Waals surface area contributed by atoms with E-state index >= 15 is 0 Å². The molecule has 5 nitrogen and oxygen atoms in total. The lowest BCUT2D eigenvalue weighted by Crippen LogP contribution is -2.36. The summed E-state index contributed by atoms with van der Waals surface area (Å²) in [6, 6.07) is 28.9. The lowest BCUT2D eigenvalue weighted by atomic mass is 9.97. The molecule has 0 spiro atoms. The summed E-state index contributed by atoms with van der Waals surface area (Å²) in [4.78, 5) is 31.7. The van der Waals surface area contributed by atoms with Crippen molar-refractivity contribution in [3.8, 4) is 0 Å². The first-order chi connectivity index (χ1) is 16.7. The Kier molecular flexibility index (Phi) is 6.84. The van der Waals surface area contributed by atoms with Crippen LogP contribution in [0.1, 0.15) is 50.7 Å².